The number of hydrogen-bond donors (Lipinski definition) is 0. The molecule has 0 fully saturated rings. The first kappa shape index (κ1) is 14.4. The number of nitrogens with zero attached hydrogens (tertiary/aromatic N) is 2. The van der Waals surface area contributed by atoms with E-state index in [9.17, 15) is 14.8 Å². The Hall–Kier alpha value is -1.62. The van der Waals surface area contributed by atoms with Gasteiger partial charge < -0.3 is 5.11 Å². The molecular weight excluding hydrogens is 232 g/mol. The Bertz CT molecular complexity index is 396. The lowest BCUT2D eigenvalue weighted by Crippen LogP contribution is -2.37. The van der Waals surface area contributed by atoms with Gasteiger partial charge in [0.05, 0.1) is 6.04 Å². The molecule has 1 amide bonds. The van der Waals surface area contributed by atoms with Crippen molar-refractivity contribution in [1.29, 1.82) is 0 Å². The maximum atomic E-state index is 11.9. The summed E-state index contributed by atoms with van der Waals surface area (Å²) < 4.78 is 0. The average molecular weight is 248 g/mol. The highest BCUT2D eigenvalue weighted by atomic mass is 16.3. The van der Waals surface area contributed by atoms with Crippen LogP contribution in [0.2, 0.25) is 0 Å². The summed E-state index contributed by atoms with van der Waals surface area (Å²) in [6, 6.07) is -0.555. The van der Waals surface area contributed by atoms with E-state index in [1.54, 1.807) is 6.92 Å². The summed E-state index contributed by atoms with van der Waals surface area (Å²) in [5, 5.41) is 13.9. The van der Waals surface area contributed by atoms with E-state index < -0.39 is 24.0 Å². The standard InChI is InChI=1S/C13H16N2O3/c1-3-8-13(2,9-16)12(17)14-10-4-6-11(15-18)7-5-10/h4,6-7,11H,3,8-9H2,1-2H3/q-2. The third-order valence-electron chi connectivity index (χ3n) is 2.83. The minimum absolute atomic E-state index is 0.329. The van der Waals surface area contributed by atoms with Gasteiger partial charge in [-0.2, -0.15) is 6.08 Å². The maximum absolute atomic E-state index is 11.9. The van der Waals surface area contributed by atoms with Crippen LogP contribution >= 0.6 is 0 Å². The zero-order chi connectivity index (χ0) is 13.6. The van der Waals surface area contributed by atoms with Crippen LogP contribution in [-0.2, 0) is 4.79 Å². The molecule has 1 aliphatic rings. The smallest absolute Gasteiger partial charge is 0.247 e. The molecule has 0 saturated heterocycles. The van der Waals surface area contributed by atoms with E-state index in [1.807, 2.05) is 6.92 Å². The summed E-state index contributed by atoms with van der Waals surface area (Å²) in [6.07, 6.45) is 8.46. The highest BCUT2D eigenvalue weighted by Crippen LogP contribution is 2.23. The number of rotatable bonds is 5. The Balaban J connectivity index is 2.81. The molecule has 1 aliphatic carbocycles. The first-order valence-corrected chi connectivity index (χ1v) is 5.87. The van der Waals surface area contributed by atoms with Crippen LogP contribution in [0.4, 0.5) is 0 Å². The summed E-state index contributed by atoms with van der Waals surface area (Å²) in [5.41, 5.74) is -0.632. The Labute approximate surface area is 106 Å². The van der Waals surface area contributed by atoms with Crippen LogP contribution < -0.4 is 5.11 Å². The average Bonchev–Trinajstić information content (AvgIpc) is 2.39. The summed E-state index contributed by atoms with van der Waals surface area (Å²) in [7, 11) is 0. The van der Waals surface area contributed by atoms with E-state index in [0.717, 1.165) is 6.42 Å². The molecular formula is C13H16N2O3-2. The number of amides is 1. The predicted octanol–water partition coefficient (Wildman–Crippen LogP) is 1.18. The molecule has 0 radical (unpaired) electrons. The van der Waals surface area contributed by atoms with Gasteiger partial charge in [0.1, 0.15) is 0 Å². The van der Waals surface area contributed by atoms with Crippen LogP contribution in [0.1, 0.15) is 26.7 Å². The van der Waals surface area contributed by atoms with E-state index in [0.29, 0.717) is 12.1 Å². The third-order valence-corrected chi connectivity index (χ3v) is 2.83. The molecule has 2 unspecified atom stereocenters. The Morgan fingerprint density at radius 2 is 2.33 bits per heavy atom. The molecule has 98 valence electrons. The Morgan fingerprint density at radius 1 is 1.61 bits per heavy atom. The molecule has 0 heterocycles. The fourth-order valence-corrected chi connectivity index (χ4v) is 1.64. The van der Waals surface area contributed by atoms with Crippen LogP contribution in [-0.4, -0.2) is 24.3 Å². The summed E-state index contributed by atoms with van der Waals surface area (Å²) in [5.74, 6) is -0.433. The second-order valence-electron chi connectivity index (χ2n) is 4.52. The van der Waals surface area contributed by atoms with Gasteiger partial charge in [0.15, 0.2) is 0 Å². The van der Waals surface area contributed by atoms with Crippen LogP contribution in [0, 0.1) is 16.4 Å². The molecule has 5 heteroatoms. The lowest BCUT2D eigenvalue weighted by molar-refractivity contribution is -0.386. The summed E-state index contributed by atoms with van der Waals surface area (Å²) >= 11 is 0. The highest BCUT2D eigenvalue weighted by molar-refractivity contribution is 6.08. The van der Waals surface area contributed by atoms with E-state index >= 15 is 0 Å². The molecule has 18 heavy (non-hydrogen) atoms. The van der Waals surface area contributed by atoms with Crippen molar-refractivity contribution in [3.05, 3.63) is 29.2 Å². The second-order valence-corrected chi connectivity index (χ2v) is 4.52. The molecule has 0 aliphatic heterocycles. The molecule has 0 saturated carbocycles. The van der Waals surface area contributed by atoms with E-state index in [4.69, 9.17) is 0 Å². The molecule has 0 aromatic carbocycles. The van der Waals surface area contributed by atoms with Crippen molar-refractivity contribution in [1.82, 2.24) is 0 Å². The molecule has 0 bridgehead atoms. The molecule has 5 nitrogen and oxygen atoms in total. The first-order valence-electron chi connectivity index (χ1n) is 5.87. The first-order chi connectivity index (χ1) is 8.55. The van der Waals surface area contributed by atoms with Gasteiger partial charge in [-0.25, -0.2) is 6.08 Å². The van der Waals surface area contributed by atoms with Crippen molar-refractivity contribution in [3.63, 3.8) is 0 Å². The van der Waals surface area contributed by atoms with Crippen LogP contribution in [0.25, 0.3) is 0 Å². The largest absolute Gasteiger partial charge is 0.854 e. The third kappa shape index (κ3) is 3.43. The van der Waals surface area contributed by atoms with Crippen molar-refractivity contribution in [2.45, 2.75) is 32.7 Å². The van der Waals surface area contributed by atoms with Gasteiger partial charge in [0, 0.05) is 5.41 Å². The quantitative estimate of drug-likeness (QED) is 0.541. The molecule has 2 atom stereocenters. The molecule has 1 rings (SSSR count). The number of carbonyl (C=O) groups excluding carboxylic acids is 1. The van der Waals surface area contributed by atoms with Gasteiger partial charge in [-0.05, 0) is 6.42 Å². The van der Waals surface area contributed by atoms with Gasteiger partial charge in [-0.3, -0.25) is 9.79 Å². The van der Waals surface area contributed by atoms with Crippen molar-refractivity contribution in [3.8, 4) is 0 Å². The van der Waals surface area contributed by atoms with Crippen LogP contribution in [0.15, 0.2) is 28.4 Å². The van der Waals surface area contributed by atoms with E-state index in [1.165, 1.54) is 18.2 Å². The van der Waals surface area contributed by atoms with Crippen LogP contribution in [0.5, 0.6) is 0 Å². The highest BCUT2D eigenvalue weighted by Gasteiger charge is 2.26. The zero-order valence-electron chi connectivity index (χ0n) is 10.5. The van der Waals surface area contributed by atoms with Gasteiger partial charge >= 0.3 is 0 Å². The van der Waals surface area contributed by atoms with Crippen molar-refractivity contribution in [2.75, 3.05) is 6.61 Å². The lowest BCUT2D eigenvalue weighted by Gasteiger charge is -2.29. The van der Waals surface area contributed by atoms with Crippen molar-refractivity contribution in [2.24, 2.45) is 15.6 Å². The Kier molecular flexibility index (Phi) is 5.09. The van der Waals surface area contributed by atoms with Crippen molar-refractivity contribution >= 4 is 11.6 Å². The molecule has 0 aromatic heterocycles. The second kappa shape index (κ2) is 6.35. The van der Waals surface area contributed by atoms with Gasteiger partial charge in [-0.1, -0.05) is 25.4 Å². The van der Waals surface area contributed by atoms with Gasteiger partial charge in [-0.15, -0.1) is 29.4 Å². The molecule has 0 N–H and O–H groups in total. The summed E-state index contributed by atoms with van der Waals surface area (Å²) in [6.45, 7) is 3.06. The minimum atomic E-state index is -0.961. The van der Waals surface area contributed by atoms with E-state index in [2.05, 4.69) is 16.2 Å². The number of aliphatic imine (C=N–C) groups is 1. The fourth-order valence-electron chi connectivity index (χ4n) is 1.64. The Morgan fingerprint density at radius 3 is 2.78 bits per heavy atom. The predicted molar refractivity (Wildman–Crippen MR) is 66.9 cm³/mol. The lowest BCUT2D eigenvalue weighted by atomic mass is 9.85. The molecule has 0 spiro atoms. The van der Waals surface area contributed by atoms with Gasteiger partial charge in [0.25, 0.3) is 0 Å². The minimum Gasteiger partial charge on any atom is -0.854 e. The SMILES string of the molecule is CCCC(C)(C[O-])C(=O)N=C1[C-]=CC(N=O)C=C1. The molecule has 0 aromatic rings. The zero-order valence-corrected chi connectivity index (χ0v) is 10.5. The summed E-state index contributed by atoms with van der Waals surface area (Å²) in [4.78, 5) is 26.1. The van der Waals surface area contributed by atoms with E-state index in [-0.39, 0.29) is 0 Å². The number of nitroso groups, excluding NO2 is 1. The topological polar surface area (TPSA) is 81.9 Å². The number of carbonyl (C=O) groups is 1. The maximum Gasteiger partial charge on any atom is 0.247 e. The van der Waals surface area contributed by atoms with Crippen LogP contribution in [0.3, 0.4) is 0 Å². The normalized spacial score (nSPS) is 23.9. The number of hydrogen-bond acceptors (Lipinski definition) is 4. The van der Waals surface area contributed by atoms with Crippen molar-refractivity contribution < 1.29 is 9.90 Å². The van der Waals surface area contributed by atoms with Gasteiger partial charge in [0.2, 0.25) is 5.91 Å². The number of allylic oxidation sites excluding steroid dienone is 2. The monoisotopic (exact) mass is 248 g/mol. The fraction of sp³-hybridized carbons (Fsp3) is 0.538.